The van der Waals surface area contributed by atoms with Crippen LogP contribution in [0.25, 0.3) is 11.4 Å². The van der Waals surface area contributed by atoms with Crippen LogP contribution in [-0.2, 0) is 13.2 Å². The normalized spacial score (nSPS) is 17.4. The summed E-state index contributed by atoms with van der Waals surface area (Å²) in [6.07, 6.45) is 4.24. The molecule has 3 aromatic rings. The van der Waals surface area contributed by atoms with E-state index in [1.54, 1.807) is 0 Å². The highest BCUT2D eigenvalue weighted by atomic mass is 35.5. The first kappa shape index (κ1) is 18.6. The molecule has 0 aliphatic carbocycles. The van der Waals surface area contributed by atoms with E-state index in [2.05, 4.69) is 29.0 Å². The summed E-state index contributed by atoms with van der Waals surface area (Å²) < 4.78 is 4.69. The van der Waals surface area contributed by atoms with Gasteiger partial charge in [-0.2, -0.15) is 5.10 Å². The van der Waals surface area contributed by atoms with Gasteiger partial charge in [0.05, 0.1) is 6.67 Å². The van der Waals surface area contributed by atoms with Gasteiger partial charge >= 0.3 is 0 Å². The Hall–Kier alpha value is -1.73. The Balaban J connectivity index is 1.67. The maximum Gasteiger partial charge on any atom is 0.199 e. The maximum atomic E-state index is 6.04. The van der Waals surface area contributed by atoms with Gasteiger partial charge in [0.1, 0.15) is 0 Å². The van der Waals surface area contributed by atoms with E-state index in [4.69, 9.17) is 28.9 Å². The number of likely N-dealkylation sites (tertiary alicyclic amines) is 1. The smallest absolute Gasteiger partial charge is 0.199 e. The van der Waals surface area contributed by atoms with Crippen LogP contribution < -0.4 is 0 Å². The standard InChI is InChI=1S/C20H21ClN4S2/c1-2-11-24-19(15-7-9-16(21)10-8-15)22-25(20(24)26)14-23-12-3-5-17(23)18-6-4-13-27-18/h2,4,6-10,13,17H,1,3,5,11-12,14H2/t17-/m0/s1. The Morgan fingerprint density at radius 2 is 2.11 bits per heavy atom. The summed E-state index contributed by atoms with van der Waals surface area (Å²) >= 11 is 13.6. The van der Waals surface area contributed by atoms with Crippen molar-refractivity contribution in [1.82, 2.24) is 19.2 Å². The summed E-state index contributed by atoms with van der Waals surface area (Å²) in [5.74, 6) is 0.850. The van der Waals surface area contributed by atoms with E-state index in [0.717, 1.165) is 22.7 Å². The van der Waals surface area contributed by atoms with Crippen LogP contribution >= 0.6 is 35.2 Å². The van der Waals surface area contributed by atoms with Gasteiger partial charge in [-0.25, -0.2) is 4.68 Å². The second-order valence-corrected chi connectivity index (χ2v) is 8.42. The number of hydrogen-bond acceptors (Lipinski definition) is 4. The van der Waals surface area contributed by atoms with Crippen LogP contribution in [-0.4, -0.2) is 25.8 Å². The Morgan fingerprint density at radius 3 is 2.81 bits per heavy atom. The van der Waals surface area contributed by atoms with E-state index in [1.165, 1.54) is 17.7 Å². The number of rotatable bonds is 6. The number of thiophene rings is 1. The molecule has 4 rings (SSSR count). The monoisotopic (exact) mass is 416 g/mol. The molecule has 0 unspecified atom stereocenters. The Bertz CT molecular complexity index is 973. The fourth-order valence-corrected chi connectivity index (χ4v) is 4.89. The topological polar surface area (TPSA) is 26.0 Å². The van der Waals surface area contributed by atoms with Gasteiger partial charge in [-0.05, 0) is 60.8 Å². The van der Waals surface area contributed by atoms with Crippen LogP contribution in [0.4, 0.5) is 0 Å². The quantitative estimate of drug-likeness (QED) is 0.376. The molecule has 0 amide bonds. The molecule has 1 aliphatic heterocycles. The van der Waals surface area contributed by atoms with Crippen LogP contribution in [0.1, 0.15) is 23.8 Å². The molecular weight excluding hydrogens is 396 g/mol. The molecular formula is C20H21ClN4S2. The minimum atomic E-state index is 0.454. The van der Waals surface area contributed by atoms with Crippen molar-refractivity contribution in [1.29, 1.82) is 0 Å². The highest BCUT2D eigenvalue weighted by molar-refractivity contribution is 7.71. The number of halogens is 1. The molecule has 140 valence electrons. The lowest BCUT2D eigenvalue weighted by Gasteiger charge is -2.23. The van der Waals surface area contributed by atoms with Gasteiger partial charge in [0.2, 0.25) is 0 Å². The fraction of sp³-hybridized carbons (Fsp3) is 0.300. The lowest BCUT2D eigenvalue weighted by Crippen LogP contribution is -2.26. The van der Waals surface area contributed by atoms with Crippen molar-refractivity contribution in [3.63, 3.8) is 0 Å². The van der Waals surface area contributed by atoms with Crippen molar-refractivity contribution in [3.05, 3.63) is 69.1 Å². The summed E-state index contributed by atoms with van der Waals surface area (Å²) in [6.45, 7) is 6.27. The van der Waals surface area contributed by atoms with E-state index < -0.39 is 0 Å². The van der Waals surface area contributed by atoms with Gasteiger partial charge in [-0.1, -0.05) is 23.7 Å². The molecule has 0 saturated carbocycles. The van der Waals surface area contributed by atoms with Crippen LogP contribution in [0.15, 0.2) is 54.4 Å². The van der Waals surface area contributed by atoms with Crippen molar-refractivity contribution in [2.45, 2.75) is 32.1 Å². The van der Waals surface area contributed by atoms with Crippen LogP contribution in [0.5, 0.6) is 0 Å². The lowest BCUT2D eigenvalue weighted by molar-refractivity contribution is 0.192. The van der Waals surface area contributed by atoms with Crippen molar-refractivity contribution in [2.75, 3.05) is 6.54 Å². The predicted octanol–water partition coefficient (Wildman–Crippen LogP) is 5.78. The second-order valence-electron chi connectivity index (χ2n) is 6.64. The van der Waals surface area contributed by atoms with E-state index in [-0.39, 0.29) is 0 Å². The number of benzene rings is 1. The first-order chi connectivity index (χ1) is 13.2. The first-order valence-corrected chi connectivity index (χ1v) is 10.7. The van der Waals surface area contributed by atoms with E-state index >= 15 is 0 Å². The van der Waals surface area contributed by atoms with Crippen molar-refractivity contribution < 1.29 is 0 Å². The van der Waals surface area contributed by atoms with Gasteiger partial charge in [-0.3, -0.25) is 9.47 Å². The minimum Gasteiger partial charge on any atom is -0.296 e. The third-order valence-electron chi connectivity index (χ3n) is 4.89. The summed E-state index contributed by atoms with van der Waals surface area (Å²) in [5.41, 5.74) is 1.00. The predicted molar refractivity (Wildman–Crippen MR) is 115 cm³/mol. The van der Waals surface area contributed by atoms with Gasteiger partial charge in [0.15, 0.2) is 10.6 Å². The number of allylic oxidation sites excluding steroid dienone is 1. The Morgan fingerprint density at radius 1 is 1.30 bits per heavy atom. The van der Waals surface area contributed by atoms with Crippen molar-refractivity contribution in [3.8, 4) is 11.4 Å². The maximum absolute atomic E-state index is 6.04. The number of hydrogen-bond donors (Lipinski definition) is 0. The molecule has 0 spiro atoms. The molecule has 1 fully saturated rings. The molecule has 7 heteroatoms. The molecule has 1 aromatic carbocycles. The largest absolute Gasteiger partial charge is 0.296 e. The molecule has 1 saturated heterocycles. The Kier molecular flexibility index (Phi) is 5.59. The molecule has 0 radical (unpaired) electrons. The minimum absolute atomic E-state index is 0.454. The second kappa shape index (κ2) is 8.10. The van der Waals surface area contributed by atoms with Gasteiger partial charge < -0.3 is 0 Å². The molecule has 0 bridgehead atoms. The highest BCUT2D eigenvalue weighted by Gasteiger charge is 2.27. The lowest BCUT2D eigenvalue weighted by atomic mass is 10.2. The van der Waals surface area contributed by atoms with Crippen LogP contribution in [0.2, 0.25) is 5.02 Å². The first-order valence-electron chi connectivity index (χ1n) is 8.99. The molecule has 2 aromatic heterocycles. The number of nitrogens with zero attached hydrogens (tertiary/aromatic N) is 4. The van der Waals surface area contributed by atoms with Gasteiger partial charge in [-0.15, -0.1) is 17.9 Å². The summed E-state index contributed by atoms with van der Waals surface area (Å²) in [5, 5.41) is 7.71. The summed E-state index contributed by atoms with van der Waals surface area (Å²) in [7, 11) is 0. The molecule has 1 aliphatic rings. The third kappa shape index (κ3) is 3.80. The molecule has 0 N–H and O–H groups in total. The fourth-order valence-electron chi connectivity index (χ4n) is 3.61. The third-order valence-corrected chi connectivity index (χ3v) is 6.54. The van der Waals surface area contributed by atoms with Gasteiger partial charge in [0.25, 0.3) is 0 Å². The zero-order chi connectivity index (χ0) is 18.8. The zero-order valence-corrected chi connectivity index (χ0v) is 17.3. The average molecular weight is 417 g/mol. The Labute approximate surface area is 173 Å². The van der Waals surface area contributed by atoms with Crippen molar-refractivity contribution in [2.24, 2.45) is 0 Å². The summed E-state index contributed by atoms with van der Waals surface area (Å²) in [6, 6.07) is 12.5. The van der Waals surface area contributed by atoms with Crippen LogP contribution in [0, 0.1) is 4.77 Å². The van der Waals surface area contributed by atoms with E-state index in [9.17, 15) is 0 Å². The molecule has 27 heavy (non-hydrogen) atoms. The van der Waals surface area contributed by atoms with Crippen LogP contribution in [0.3, 0.4) is 0 Å². The molecule has 3 heterocycles. The summed E-state index contributed by atoms with van der Waals surface area (Å²) in [4.78, 5) is 3.89. The van der Waals surface area contributed by atoms with Crippen molar-refractivity contribution >= 4 is 35.2 Å². The van der Waals surface area contributed by atoms with E-state index in [1.807, 2.05) is 50.9 Å². The van der Waals surface area contributed by atoms with Gasteiger partial charge in [0, 0.05) is 34.6 Å². The van der Waals surface area contributed by atoms with E-state index in [0.29, 0.717) is 24.3 Å². The SMILES string of the molecule is C=CCn1c(-c2ccc(Cl)cc2)nn(CN2CCC[C@H]2c2cccs2)c1=S. The zero-order valence-electron chi connectivity index (χ0n) is 14.9. The molecule has 1 atom stereocenters. The average Bonchev–Trinajstić information content (AvgIpc) is 3.40. The number of aromatic nitrogens is 3. The molecule has 4 nitrogen and oxygen atoms in total. The highest BCUT2D eigenvalue weighted by Crippen LogP contribution is 2.34.